The van der Waals surface area contributed by atoms with Gasteiger partial charge in [-0.3, -0.25) is 29.0 Å². The lowest BCUT2D eigenvalue weighted by Crippen LogP contribution is -2.38. The molecule has 0 saturated heterocycles. The molecule has 0 unspecified atom stereocenters. The second kappa shape index (κ2) is 10.4. The van der Waals surface area contributed by atoms with E-state index < -0.39 is 11.8 Å². The Morgan fingerprint density at radius 1 is 0.568 bits per heavy atom. The molecule has 2 heterocycles. The topological polar surface area (TPSA) is 74.8 Å². The third-order valence-electron chi connectivity index (χ3n) is 8.92. The van der Waals surface area contributed by atoms with E-state index >= 15 is 0 Å². The summed E-state index contributed by atoms with van der Waals surface area (Å²) in [7, 11) is 1.47. The van der Waals surface area contributed by atoms with Gasteiger partial charge in [0.05, 0.1) is 17.8 Å². The molecular weight excluding hydrogens is 548 g/mol. The lowest BCUT2D eigenvalue weighted by atomic mass is 9.80. The van der Waals surface area contributed by atoms with Gasteiger partial charge in [-0.1, -0.05) is 92.7 Å². The quantitative estimate of drug-likeness (QED) is 0.204. The third kappa shape index (κ3) is 3.94. The van der Waals surface area contributed by atoms with Crippen molar-refractivity contribution in [3.63, 3.8) is 0 Å². The number of imide groups is 1. The van der Waals surface area contributed by atoms with E-state index in [9.17, 15) is 19.2 Å². The van der Waals surface area contributed by atoms with E-state index in [0.29, 0.717) is 57.0 Å². The zero-order valence-corrected chi connectivity index (χ0v) is 24.8. The van der Waals surface area contributed by atoms with Gasteiger partial charge in [-0.05, 0) is 58.4 Å². The predicted octanol–water partition coefficient (Wildman–Crippen LogP) is 7.37. The van der Waals surface area contributed by atoms with Gasteiger partial charge in [-0.2, -0.15) is 0 Å². The van der Waals surface area contributed by atoms with Gasteiger partial charge in [0.1, 0.15) is 0 Å². The standard InChI is InChI=1S/C38H30N2O4/c1-4-22-17-12-18-23(5-2)35(22)40-21-30(41)31-26(24-13-8-6-9-14-24)19-28-33-32(31)29(37(40)43)20-27(25-15-10-7-11-16-25)34(33)38(44)39(3)36(28)42/h6-20H,4-5,21H2,1-3H3. The predicted molar refractivity (Wildman–Crippen MR) is 172 cm³/mol. The van der Waals surface area contributed by atoms with Crippen molar-refractivity contribution in [3.8, 4) is 22.3 Å². The highest BCUT2D eigenvalue weighted by molar-refractivity contribution is 6.36. The molecule has 3 amide bonds. The zero-order chi connectivity index (χ0) is 30.7. The molecule has 0 N–H and O–H groups in total. The van der Waals surface area contributed by atoms with Crippen LogP contribution in [-0.2, 0) is 12.8 Å². The van der Waals surface area contributed by atoms with Crippen molar-refractivity contribution in [2.24, 2.45) is 0 Å². The van der Waals surface area contributed by atoms with E-state index in [0.717, 1.165) is 32.8 Å². The van der Waals surface area contributed by atoms with E-state index in [2.05, 4.69) is 0 Å². The molecule has 0 saturated carbocycles. The van der Waals surface area contributed by atoms with Gasteiger partial charge >= 0.3 is 0 Å². The van der Waals surface area contributed by atoms with E-state index in [4.69, 9.17) is 0 Å². The molecule has 0 bridgehead atoms. The van der Waals surface area contributed by atoms with Crippen molar-refractivity contribution in [2.75, 3.05) is 18.5 Å². The maximum Gasteiger partial charge on any atom is 0.261 e. The molecule has 7 rings (SSSR count). The number of aryl methyl sites for hydroxylation is 2. The van der Waals surface area contributed by atoms with Gasteiger partial charge in [-0.15, -0.1) is 0 Å². The van der Waals surface area contributed by atoms with Crippen LogP contribution in [0.3, 0.4) is 0 Å². The Kier molecular flexibility index (Phi) is 6.51. The number of nitrogens with zero attached hydrogens (tertiary/aromatic N) is 2. The summed E-state index contributed by atoms with van der Waals surface area (Å²) in [5, 5.41) is 0.738. The molecule has 6 nitrogen and oxygen atoms in total. The highest BCUT2D eigenvalue weighted by atomic mass is 16.2. The van der Waals surface area contributed by atoms with Crippen molar-refractivity contribution in [3.05, 3.63) is 124 Å². The van der Waals surface area contributed by atoms with Crippen LogP contribution in [-0.4, -0.2) is 42.0 Å². The summed E-state index contributed by atoms with van der Waals surface area (Å²) in [6.45, 7) is 3.91. The number of Topliss-reactive ketones (excluding diaryl/α,β-unsaturated/α-hetero) is 1. The van der Waals surface area contributed by atoms with E-state index in [1.807, 2.05) is 92.7 Å². The van der Waals surface area contributed by atoms with E-state index in [-0.39, 0.29) is 18.2 Å². The smallest absolute Gasteiger partial charge is 0.261 e. The molecule has 2 aliphatic rings. The maximum absolute atomic E-state index is 14.9. The number of hydrogen-bond donors (Lipinski definition) is 0. The second-order valence-electron chi connectivity index (χ2n) is 11.3. The molecule has 6 heteroatoms. The monoisotopic (exact) mass is 578 g/mol. The van der Waals surface area contributed by atoms with Crippen molar-refractivity contribution < 1.29 is 19.2 Å². The fourth-order valence-corrected chi connectivity index (χ4v) is 6.80. The molecule has 0 fully saturated rings. The summed E-state index contributed by atoms with van der Waals surface area (Å²) in [5.74, 6) is -1.50. The number of carbonyl (C=O) groups is 4. The molecule has 5 aromatic carbocycles. The summed E-state index contributed by atoms with van der Waals surface area (Å²) >= 11 is 0. The number of ketones is 1. The van der Waals surface area contributed by atoms with Gasteiger partial charge in [0.25, 0.3) is 17.7 Å². The van der Waals surface area contributed by atoms with Gasteiger partial charge in [-0.25, -0.2) is 0 Å². The van der Waals surface area contributed by atoms with Gasteiger partial charge in [0.15, 0.2) is 5.78 Å². The number of benzene rings is 5. The first-order valence-electron chi connectivity index (χ1n) is 14.9. The zero-order valence-electron chi connectivity index (χ0n) is 24.8. The van der Waals surface area contributed by atoms with Crippen LogP contribution in [0.4, 0.5) is 5.69 Å². The minimum atomic E-state index is -0.465. The first-order valence-corrected chi connectivity index (χ1v) is 14.9. The lowest BCUT2D eigenvalue weighted by Gasteiger charge is -2.29. The van der Waals surface area contributed by atoms with Gasteiger partial charge in [0.2, 0.25) is 0 Å². The molecule has 5 aromatic rings. The summed E-state index contributed by atoms with van der Waals surface area (Å²) in [4.78, 5) is 59.9. The average Bonchev–Trinajstić information content (AvgIpc) is 3.17. The van der Waals surface area contributed by atoms with Crippen LogP contribution >= 0.6 is 0 Å². The van der Waals surface area contributed by atoms with Crippen molar-refractivity contribution in [1.29, 1.82) is 0 Å². The molecule has 0 atom stereocenters. The summed E-state index contributed by atoms with van der Waals surface area (Å²) < 4.78 is 0. The van der Waals surface area contributed by atoms with Crippen LogP contribution in [0.2, 0.25) is 0 Å². The van der Waals surface area contributed by atoms with Crippen molar-refractivity contribution in [2.45, 2.75) is 26.7 Å². The van der Waals surface area contributed by atoms with Crippen molar-refractivity contribution >= 4 is 40.0 Å². The van der Waals surface area contributed by atoms with Crippen LogP contribution in [0, 0.1) is 0 Å². The molecular formula is C38H30N2O4. The Morgan fingerprint density at radius 3 is 1.61 bits per heavy atom. The van der Waals surface area contributed by atoms with Gasteiger partial charge < -0.3 is 0 Å². The number of carbonyl (C=O) groups excluding carboxylic acids is 4. The Morgan fingerprint density at radius 2 is 1.07 bits per heavy atom. The number of anilines is 1. The second-order valence-corrected chi connectivity index (χ2v) is 11.3. The van der Waals surface area contributed by atoms with Gasteiger partial charge in [0, 0.05) is 34.5 Å². The number of para-hydroxylation sites is 1. The molecule has 2 aliphatic heterocycles. The summed E-state index contributed by atoms with van der Waals surface area (Å²) in [5.41, 5.74) is 6.62. The first kappa shape index (κ1) is 27.5. The third-order valence-corrected chi connectivity index (χ3v) is 8.92. The Labute approximate surface area is 255 Å². The fraction of sp³-hybridized carbons (Fsp3) is 0.158. The summed E-state index contributed by atoms with van der Waals surface area (Å²) in [6, 6.07) is 28.3. The van der Waals surface area contributed by atoms with Crippen LogP contribution in [0.5, 0.6) is 0 Å². The molecule has 0 aliphatic carbocycles. The summed E-state index contributed by atoms with van der Waals surface area (Å²) in [6.07, 6.45) is 1.37. The molecule has 0 radical (unpaired) electrons. The number of amides is 3. The largest absolute Gasteiger partial charge is 0.300 e. The first-order chi connectivity index (χ1) is 21.3. The van der Waals surface area contributed by atoms with E-state index in [1.165, 1.54) is 7.05 Å². The molecule has 44 heavy (non-hydrogen) atoms. The molecule has 0 spiro atoms. The van der Waals surface area contributed by atoms with Crippen LogP contribution in [0.1, 0.15) is 66.4 Å². The normalized spacial score (nSPS) is 14.4. The average molecular weight is 579 g/mol. The fourth-order valence-electron chi connectivity index (χ4n) is 6.80. The lowest BCUT2D eigenvalue weighted by molar-refractivity contribution is 0.0650. The highest BCUT2D eigenvalue weighted by Gasteiger charge is 2.40. The minimum Gasteiger partial charge on any atom is -0.300 e. The highest BCUT2D eigenvalue weighted by Crippen LogP contribution is 2.45. The molecule has 0 aromatic heterocycles. The van der Waals surface area contributed by atoms with E-state index in [1.54, 1.807) is 17.0 Å². The van der Waals surface area contributed by atoms with Crippen LogP contribution in [0.25, 0.3) is 33.0 Å². The Balaban J connectivity index is 1.66. The Bertz CT molecular complexity index is 2030. The Hall–Kier alpha value is -5.36. The van der Waals surface area contributed by atoms with Crippen LogP contribution < -0.4 is 4.90 Å². The minimum absolute atomic E-state index is 0.163. The number of hydrogen-bond acceptors (Lipinski definition) is 4. The van der Waals surface area contributed by atoms with Crippen LogP contribution in [0.15, 0.2) is 91.0 Å². The van der Waals surface area contributed by atoms with Crippen molar-refractivity contribution in [1.82, 2.24) is 4.90 Å². The SMILES string of the molecule is CCc1cccc(CC)c1N1CC(=O)c2c(-c3ccccc3)cc3c4c(c(-c5ccccc5)cc(c24)C1=O)C(=O)N(C)C3=O. The number of rotatable bonds is 5. The molecule has 216 valence electrons. The maximum atomic E-state index is 14.9.